The van der Waals surface area contributed by atoms with Gasteiger partial charge < -0.3 is 19.2 Å². The number of alkyl carbamates (subject to hydrolysis) is 1. The van der Waals surface area contributed by atoms with Gasteiger partial charge >= 0.3 is 17.7 Å². The number of alkyl halides is 2. The van der Waals surface area contributed by atoms with Crippen LogP contribution in [-0.4, -0.2) is 33.9 Å². The van der Waals surface area contributed by atoms with Gasteiger partial charge in [-0.05, 0) is 64.2 Å². The number of fused-ring (bicyclic) bond motifs is 1. The van der Waals surface area contributed by atoms with Crippen LogP contribution in [0.3, 0.4) is 0 Å². The lowest BCUT2D eigenvalue weighted by molar-refractivity contribution is -0.138. The number of carbonyl (C=O) groups excluding carboxylic acids is 2. The smallest absolute Gasteiger partial charge is 0.408 e. The summed E-state index contributed by atoms with van der Waals surface area (Å²) < 4.78 is 16.7. The van der Waals surface area contributed by atoms with Crippen LogP contribution in [0, 0.1) is 19.8 Å². The van der Waals surface area contributed by atoms with Gasteiger partial charge in [-0.15, -0.1) is 0 Å². The van der Waals surface area contributed by atoms with E-state index in [4.69, 9.17) is 13.9 Å². The van der Waals surface area contributed by atoms with Gasteiger partial charge in [0.25, 0.3) is 0 Å². The molecule has 34 heavy (non-hydrogen) atoms. The number of nitrogens with one attached hydrogen (secondary N) is 1. The molecule has 1 aromatic heterocycles. The molecule has 0 spiro atoms. The minimum absolute atomic E-state index is 0.0862. The molecule has 2 rings (SSSR count). The summed E-state index contributed by atoms with van der Waals surface area (Å²) in [6.07, 6.45) is 0.517. The van der Waals surface area contributed by atoms with Gasteiger partial charge in [0.15, 0.2) is 0 Å². The summed E-state index contributed by atoms with van der Waals surface area (Å²) in [7, 11) is 0. The van der Waals surface area contributed by atoms with Crippen molar-refractivity contribution >= 4 is 54.9 Å². The van der Waals surface area contributed by atoms with Gasteiger partial charge in [-0.25, -0.2) is 14.4 Å². The average Bonchev–Trinajstić information content (AvgIpc) is 2.73. The molecule has 0 bridgehead atoms. The van der Waals surface area contributed by atoms with Crippen molar-refractivity contribution < 1.29 is 23.5 Å². The van der Waals surface area contributed by atoms with Gasteiger partial charge in [0.2, 0.25) is 0 Å². The summed E-state index contributed by atoms with van der Waals surface area (Å²) in [5, 5.41) is 4.14. The van der Waals surface area contributed by atoms with E-state index >= 15 is 0 Å². The highest BCUT2D eigenvalue weighted by Crippen LogP contribution is 2.35. The van der Waals surface area contributed by atoms with Crippen LogP contribution in [-0.2, 0) is 16.0 Å². The highest BCUT2D eigenvalue weighted by atomic mass is 79.9. The molecule has 1 amide bonds. The summed E-state index contributed by atoms with van der Waals surface area (Å²) in [6, 6.07) is 2.42. The van der Waals surface area contributed by atoms with E-state index in [1.807, 2.05) is 26.8 Å². The maximum atomic E-state index is 13.3. The molecule has 0 aliphatic heterocycles. The number of hydrogen-bond acceptors (Lipinski definition) is 6. The standard InChI is InChI=1S/C25H33Br2NO6/c1-8-13(2)20(28-24(31)34-25(5,6)7)23(30)33-21-15(4)22-18(14(3)9-19(29)32-22)11-16(21)10-17(27)12-26/h9,11,13,17,20H,8,10,12H2,1-7H3,(H,28,31). The predicted octanol–water partition coefficient (Wildman–Crippen LogP) is 5.96. The van der Waals surface area contributed by atoms with E-state index < -0.39 is 29.3 Å². The Morgan fingerprint density at radius 1 is 1.21 bits per heavy atom. The Morgan fingerprint density at radius 2 is 1.85 bits per heavy atom. The van der Waals surface area contributed by atoms with E-state index in [0.29, 0.717) is 35.1 Å². The quantitative estimate of drug-likeness (QED) is 0.173. The fourth-order valence-electron chi connectivity index (χ4n) is 3.51. The van der Waals surface area contributed by atoms with E-state index in [9.17, 15) is 14.4 Å². The molecule has 2 aromatic rings. The topological polar surface area (TPSA) is 94.8 Å². The molecule has 0 saturated heterocycles. The Hall–Kier alpha value is -1.87. The van der Waals surface area contributed by atoms with Crippen molar-refractivity contribution in [3.63, 3.8) is 0 Å². The zero-order valence-corrected chi connectivity index (χ0v) is 23.9. The normalized spacial score (nSPS) is 14.4. The monoisotopic (exact) mass is 601 g/mol. The first-order chi connectivity index (χ1) is 15.8. The van der Waals surface area contributed by atoms with Crippen molar-refractivity contribution in [3.8, 4) is 5.75 Å². The van der Waals surface area contributed by atoms with Crippen LogP contribution < -0.4 is 15.7 Å². The van der Waals surface area contributed by atoms with Gasteiger partial charge in [-0.1, -0.05) is 52.1 Å². The fraction of sp³-hybridized carbons (Fsp3) is 0.560. The van der Waals surface area contributed by atoms with Crippen molar-refractivity contribution in [2.45, 2.75) is 77.8 Å². The Kier molecular flexibility index (Phi) is 9.77. The van der Waals surface area contributed by atoms with E-state index in [1.165, 1.54) is 6.07 Å². The number of ether oxygens (including phenoxy) is 2. The highest BCUT2D eigenvalue weighted by Gasteiger charge is 2.31. The maximum Gasteiger partial charge on any atom is 0.408 e. The predicted molar refractivity (Wildman–Crippen MR) is 140 cm³/mol. The third kappa shape index (κ3) is 7.31. The lowest BCUT2D eigenvalue weighted by Gasteiger charge is -2.26. The molecule has 7 nitrogen and oxygen atoms in total. The second-order valence-corrected chi connectivity index (χ2v) is 11.4. The molecule has 0 radical (unpaired) electrons. The molecule has 9 heteroatoms. The van der Waals surface area contributed by atoms with Crippen LogP contribution in [0.5, 0.6) is 5.75 Å². The van der Waals surface area contributed by atoms with Crippen molar-refractivity contribution in [1.82, 2.24) is 5.32 Å². The summed E-state index contributed by atoms with van der Waals surface area (Å²) in [5.41, 5.74) is 1.32. The zero-order chi connectivity index (χ0) is 25.8. The average molecular weight is 603 g/mol. The molecule has 0 saturated carbocycles. The molecular weight excluding hydrogens is 570 g/mol. The van der Waals surface area contributed by atoms with Crippen molar-refractivity contribution in [2.75, 3.05) is 5.33 Å². The molecule has 188 valence electrons. The molecule has 1 N–H and O–H groups in total. The second kappa shape index (κ2) is 11.7. The second-order valence-electron chi connectivity index (χ2n) is 9.50. The SMILES string of the molecule is CCC(C)C(NC(=O)OC(C)(C)C)C(=O)Oc1c(CC(Br)CBr)cc2c(C)cc(=O)oc2c1C. The first-order valence-electron chi connectivity index (χ1n) is 11.3. The number of hydrogen-bond donors (Lipinski definition) is 1. The van der Waals surface area contributed by atoms with Gasteiger partial charge in [-0.2, -0.15) is 0 Å². The molecule has 0 fully saturated rings. The first-order valence-corrected chi connectivity index (χ1v) is 13.3. The Bertz CT molecular complexity index is 1110. The summed E-state index contributed by atoms with van der Waals surface area (Å²) in [5.74, 6) is -0.476. The number of carbonyl (C=O) groups is 2. The largest absolute Gasteiger partial charge is 0.444 e. The number of benzene rings is 1. The van der Waals surface area contributed by atoms with Crippen LogP contribution >= 0.6 is 31.9 Å². The number of aryl methyl sites for hydroxylation is 2. The molecule has 1 heterocycles. The number of amides is 1. The van der Waals surface area contributed by atoms with Crippen LogP contribution in [0.15, 0.2) is 21.3 Å². The summed E-state index contributed by atoms with van der Waals surface area (Å²) >= 11 is 7.09. The molecule has 0 aliphatic carbocycles. The van der Waals surface area contributed by atoms with Gasteiger partial charge in [-0.3, -0.25) is 0 Å². The molecule has 3 unspecified atom stereocenters. The van der Waals surface area contributed by atoms with Crippen molar-refractivity contribution in [3.05, 3.63) is 39.2 Å². The number of esters is 1. The third-order valence-corrected chi connectivity index (χ3v) is 7.75. The van der Waals surface area contributed by atoms with Gasteiger partial charge in [0.05, 0.1) is 0 Å². The third-order valence-electron chi connectivity index (χ3n) is 5.45. The van der Waals surface area contributed by atoms with Crippen LogP contribution in [0.25, 0.3) is 11.0 Å². The van der Waals surface area contributed by atoms with E-state index in [1.54, 1.807) is 27.7 Å². The van der Waals surface area contributed by atoms with Crippen molar-refractivity contribution in [1.29, 1.82) is 0 Å². The van der Waals surface area contributed by atoms with Gasteiger partial charge in [0.1, 0.15) is 23.0 Å². The molecule has 1 aromatic carbocycles. The summed E-state index contributed by atoms with van der Waals surface area (Å²) in [6.45, 7) is 12.6. The van der Waals surface area contributed by atoms with Crippen LogP contribution in [0.4, 0.5) is 4.79 Å². The fourth-order valence-corrected chi connectivity index (χ4v) is 4.09. The lowest BCUT2D eigenvalue weighted by atomic mass is 9.98. The minimum Gasteiger partial charge on any atom is -0.444 e. The zero-order valence-electron chi connectivity index (χ0n) is 20.7. The molecular formula is C25H33Br2NO6. The van der Waals surface area contributed by atoms with E-state index in [-0.39, 0.29) is 10.7 Å². The van der Waals surface area contributed by atoms with Crippen molar-refractivity contribution in [2.24, 2.45) is 5.92 Å². The van der Waals surface area contributed by atoms with Gasteiger partial charge in [0, 0.05) is 27.2 Å². The Labute approximate surface area is 217 Å². The lowest BCUT2D eigenvalue weighted by Crippen LogP contribution is -2.48. The minimum atomic E-state index is -0.914. The number of rotatable bonds is 8. The van der Waals surface area contributed by atoms with Crippen LogP contribution in [0.2, 0.25) is 0 Å². The van der Waals surface area contributed by atoms with Crippen LogP contribution in [0.1, 0.15) is 57.7 Å². The summed E-state index contributed by atoms with van der Waals surface area (Å²) in [4.78, 5) is 37.9. The molecule has 3 atom stereocenters. The Morgan fingerprint density at radius 3 is 2.41 bits per heavy atom. The maximum absolute atomic E-state index is 13.3. The molecule has 0 aliphatic rings. The first kappa shape index (κ1) is 28.4. The number of halogens is 2. The van der Waals surface area contributed by atoms with E-state index in [2.05, 4.69) is 37.2 Å². The van der Waals surface area contributed by atoms with E-state index in [0.717, 1.165) is 16.5 Å². The highest BCUT2D eigenvalue weighted by molar-refractivity contribution is 9.12. The Balaban J connectivity index is 2.52.